The Hall–Kier alpha value is -1.80. The molecule has 0 saturated carbocycles. The molecule has 0 amide bonds. The van der Waals surface area contributed by atoms with E-state index in [1.54, 1.807) is 23.9 Å². The first-order chi connectivity index (χ1) is 14.0. The SMILES string of the molecule is CSCc1ccc(OCCN(C)C2CCN(c3nc(C(C)C)no3)CC2)c(F)c1. The molecule has 6 nitrogen and oxygen atoms in total. The van der Waals surface area contributed by atoms with Crippen LogP contribution in [0.5, 0.6) is 5.75 Å². The number of ether oxygens (including phenoxy) is 1. The Morgan fingerprint density at radius 1 is 1.34 bits per heavy atom. The van der Waals surface area contributed by atoms with E-state index in [9.17, 15) is 4.39 Å². The summed E-state index contributed by atoms with van der Waals surface area (Å²) in [7, 11) is 2.10. The average Bonchev–Trinajstić information content (AvgIpc) is 3.20. The van der Waals surface area contributed by atoms with Gasteiger partial charge in [-0.05, 0) is 43.8 Å². The molecule has 1 saturated heterocycles. The fourth-order valence-corrected chi connectivity index (χ4v) is 4.00. The molecule has 3 rings (SSSR count). The van der Waals surface area contributed by atoms with Crippen molar-refractivity contribution in [2.45, 2.75) is 44.4 Å². The minimum atomic E-state index is -0.284. The highest BCUT2D eigenvalue weighted by Crippen LogP contribution is 2.23. The van der Waals surface area contributed by atoms with Gasteiger partial charge in [0.15, 0.2) is 17.4 Å². The largest absolute Gasteiger partial charge is 0.489 e. The number of halogens is 1. The number of hydrogen-bond acceptors (Lipinski definition) is 7. The molecule has 29 heavy (non-hydrogen) atoms. The van der Waals surface area contributed by atoms with Crippen LogP contribution in [0, 0.1) is 5.82 Å². The first kappa shape index (κ1) is 21.9. The molecule has 2 aromatic rings. The molecule has 0 aliphatic carbocycles. The Balaban J connectivity index is 1.42. The van der Waals surface area contributed by atoms with Gasteiger partial charge in [0, 0.05) is 37.3 Å². The third-order valence-electron chi connectivity index (χ3n) is 5.31. The van der Waals surface area contributed by atoms with Gasteiger partial charge in [-0.2, -0.15) is 16.7 Å². The second-order valence-electron chi connectivity index (χ2n) is 7.83. The lowest BCUT2D eigenvalue weighted by molar-refractivity contribution is 0.166. The molecule has 1 aromatic carbocycles. The first-order valence-electron chi connectivity index (χ1n) is 10.2. The quantitative estimate of drug-likeness (QED) is 0.601. The highest BCUT2D eigenvalue weighted by Gasteiger charge is 2.25. The molecule has 8 heteroatoms. The van der Waals surface area contributed by atoms with Crippen LogP contribution >= 0.6 is 11.8 Å². The van der Waals surface area contributed by atoms with Gasteiger partial charge in [-0.1, -0.05) is 25.1 Å². The van der Waals surface area contributed by atoms with Gasteiger partial charge in [0.05, 0.1) is 0 Å². The molecule has 0 radical (unpaired) electrons. The summed E-state index contributed by atoms with van der Waals surface area (Å²) < 4.78 is 25.2. The number of anilines is 1. The molecule has 0 spiro atoms. The number of rotatable bonds is 9. The van der Waals surface area contributed by atoms with E-state index in [1.165, 1.54) is 0 Å². The highest BCUT2D eigenvalue weighted by molar-refractivity contribution is 7.97. The minimum Gasteiger partial charge on any atom is -0.489 e. The van der Waals surface area contributed by atoms with Crippen LogP contribution < -0.4 is 9.64 Å². The van der Waals surface area contributed by atoms with Crippen LogP contribution in [0.1, 0.15) is 44.0 Å². The van der Waals surface area contributed by atoms with Crippen molar-refractivity contribution in [3.8, 4) is 5.75 Å². The Morgan fingerprint density at radius 2 is 2.10 bits per heavy atom. The van der Waals surface area contributed by atoms with Gasteiger partial charge < -0.3 is 14.2 Å². The van der Waals surface area contributed by atoms with Crippen LogP contribution in [0.25, 0.3) is 0 Å². The van der Waals surface area contributed by atoms with Crippen molar-refractivity contribution in [3.05, 3.63) is 35.4 Å². The molecule has 0 bridgehead atoms. The molecule has 0 atom stereocenters. The summed E-state index contributed by atoms with van der Waals surface area (Å²) in [5, 5.41) is 4.05. The van der Waals surface area contributed by atoms with E-state index in [0.717, 1.165) is 49.6 Å². The summed E-state index contributed by atoms with van der Waals surface area (Å²) in [6.07, 6.45) is 4.05. The normalized spacial score (nSPS) is 15.5. The molecule has 160 valence electrons. The van der Waals surface area contributed by atoms with Gasteiger partial charge in [0.2, 0.25) is 0 Å². The maximum Gasteiger partial charge on any atom is 0.324 e. The lowest BCUT2D eigenvalue weighted by atomic mass is 10.0. The molecule has 0 N–H and O–H groups in total. The summed E-state index contributed by atoms with van der Waals surface area (Å²) >= 11 is 1.68. The standard InChI is InChI=1S/C21H31FN4O2S/c1-15(2)20-23-21(28-24-20)26-9-7-17(8-10-26)25(3)11-12-27-19-6-5-16(14-29-4)13-18(19)22/h5-6,13,15,17H,7-12,14H2,1-4H3. The molecular weight excluding hydrogens is 391 g/mol. The number of piperidine rings is 1. The first-order valence-corrected chi connectivity index (χ1v) is 11.6. The zero-order valence-electron chi connectivity index (χ0n) is 17.7. The van der Waals surface area contributed by atoms with Gasteiger partial charge >= 0.3 is 6.01 Å². The molecule has 0 unspecified atom stereocenters. The Labute approximate surface area is 176 Å². The zero-order chi connectivity index (χ0) is 20.8. The zero-order valence-corrected chi connectivity index (χ0v) is 18.5. The third kappa shape index (κ3) is 5.85. The van der Waals surface area contributed by atoms with E-state index < -0.39 is 0 Å². The van der Waals surface area contributed by atoms with Gasteiger partial charge in [0.25, 0.3) is 0 Å². The van der Waals surface area contributed by atoms with Crippen LogP contribution in [0.4, 0.5) is 10.4 Å². The maximum absolute atomic E-state index is 14.1. The minimum absolute atomic E-state index is 0.266. The second-order valence-corrected chi connectivity index (χ2v) is 8.70. The van der Waals surface area contributed by atoms with Crippen LogP contribution in [-0.4, -0.2) is 60.6 Å². The topological polar surface area (TPSA) is 54.6 Å². The van der Waals surface area contributed by atoms with Crippen molar-refractivity contribution in [3.63, 3.8) is 0 Å². The summed E-state index contributed by atoms with van der Waals surface area (Å²) in [5.74, 6) is 1.87. The number of benzene rings is 1. The van der Waals surface area contributed by atoms with Crippen molar-refractivity contribution in [2.75, 3.05) is 44.4 Å². The number of thioether (sulfide) groups is 1. The number of hydrogen-bond donors (Lipinski definition) is 0. The highest BCUT2D eigenvalue weighted by atomic mass is 32.2. The maximum atomic E-state index is 14.1. The van der Waals surface area contributed by atoms with Gasteiger partial charge in [-0.25, -0.2) is 4.39 Å². The number of likely N-dealkylation sites (N-methyl/N-ethyl adjacent to an activating group) is 1. The number of nitrogens with zero attached hydrogens (tertiary/aromatic N) is 4. The fraction of sp³-hybridized carbons (Fsp3) is 0.619. The molecule has 1 aliphatic heterocycles. The Morgan fingerprint density at radius 3 is 2.72 bits per heavy atom. The molecule has 2 heterocycles. The van der Waals surface area contributed by atoms with Gasteiger partial charge in [0.1, 0.15) is 6.61 Å². The van der Waals surface area contributed by atoms with E-state index in [2.05, 4.69) is 40.8 Å². The van der Waals surface area contributed by atoms with E-state index in [1.807, 2.05) is 12.3 Å². The second kappa shape index (κ2) is 10.3. The Kier molecular flexibility index (Phi) is 7.77. The lowest BCUT2D eigenvalue weighted by Gasteiger charge is -2.35. The van der Waals surface area contributed by atoms with Crippen molar-refractivity contribution >= 4 is 17.8 Å². The van der Waals surface area contributed by atoms with Gasteiger partial charge in [-0.15, -0.1) is 0 Å². The van der Waals surface area contributed by atoms with Gasteiger partial charge in [-0.3, -0.25) is 4.90 Å². The van der Waals surface area contributed by atoms with Crippen LogP contribution in [0.2, 0.25) is 0 Å². The van der Waals surface area contributed by atoms with Crippen LogP contribution in [-0.2, 0) is 5.75 Å². The predicted octanol–water partition coefficient (Wildman–Crippen LogP) is 4.17. The number of aromatic nitrogens is 2. The smallest absolute Gasteiger partial charge is 0.324 e. The third-order valence-corrected chi connectivity index (χ3v) is 5.94. The van der Waals surface area contributed by atoms with Crippen molar-refractivity contribution < 1.29 is 13.7 Å². The fourth-order valence-electron chi connectivity index (χ4n) is 3.49. The molecule has 1 fully saturated rings. The average molecular weight is 423 g/mol. The predicted molar refractivity (Wildman–Crippen MR) is 115 cm³/mol. The van der Waals surface area contributed by atoms with E-state index >= 15 is 0 Å². The molecule has 1 aliphatic rings. The summed E-state index contributed by atoms with van der Waals surface area (Å²) in [6.45, 7) is 7.12. The summed E-state index contributed by atoms with van der Waals surface area (Å²) in [5.41, 5.74) is 0.980. The Bertz CT molecular complexity index is 778. The molecule has 1 aromatic heterocycles. The van der Waals surface area contributed by atoms with Crippen molar-refractivity contribution in [1.29, 1.82) is 0 Å². The van der Waals surface area contributed by atoms with Crippen LogP contribution in [0.15, 0.2) is 22.7 Å². The van der Waals surface area contributed by atoms with Crippen LogP contribution in [0.3, 0.4) is 0 Å². The van der Waals surface area contributed by atoms with Crippen molar-refractivity contribution in [2.24, 2.45) is 0 Å². The summed E-state index contributed by atoms with van der Waals surface area (Å²) in [6, 6.07) is 6.31. The lowest BCUT2D eigenvalue weighted by Crippen LogP contribution is -2.44. The van der Waals surface area contributed by atoms with E-state index in [-0.39, 0.29) is 11.7 Å². The van der Waals surface area contributed by atoms with E-state index in [0.29, 0.717) is 24.4 Å². The summed E-state index contributed by atoms with van der Waals surface area (Å²) in [4.78, 5) is 8.94. The molecular formula is C21H31FN4O2S. The monoisotopic (exact) mass is 422 g/mol. The van der Waals surface area contributed by atoms with E-state index in [4.69, 9.17) is 9.26 Å². The van der Waals surface area contributed by atoms with Crippen molar-refractivity contribution in [1.82, 2.24) is 15.0 Å².